The second kappa shape index (κ2) is 6.46. The van der Waals surface area contributed by atoms with E-state index in [-0.39, 0.29) is 0 Å². The van der Waals surface area contributed by atoms with E-state index >= 15 is 0 Å². The summed E-state index contributed by atoms with van der Waals surface area (Å²) in [4.78, 5) is 4.32. The largest absolute Gasteiger partial charge is 0.309 e. The maximum Gasteiger partial charge on any atom is 0.123 e. The number of hydrogen-bond donors (Lipinski definition) is 1. The molecule has 0 bridgehead atoms. The van der Waals surface area contributed by atoms with E-state index in [1.807, 2.05) is 17.6 Å². The zero-order valence-electron chi connectivity index (χ0n) is 11.1. The second-order valence-corrected chi connectivity index (χ2v) is 5.52. The molecule has 100 valence electrons. The molecule has 2 aromatic carbocycles. The Morgan fingerprint density at radius 1 is 0.850 bits per heavy atom. The molecule has 2 nitrogen and oxygen atoms in total. The Hall–Kier alpha value is -1.97. The van der Waals surface area contributed by atoms with Gasteiger partial charge in [-0.25, -0.2) is 4.98 Å². The van der Waals surface area contributed by atoms with Crippen molar-refractivity contribution in [2.75, 3.05) is 0 Å². The molecule has 3 heteroatoms. The van der Waals surface area contributed by atoms with Crippen LogP contribution >= 0.6 is 11.3 Å². The maximum atomic E-state index is 4.32. The van der Waals surface area contributed by atoms with E-state index in [1.165, 1.54) is 16.7 Å². The van der Waals surface area contributed by atoms with Gasteiger partial charge in [0.1, 0.15) is 5.01 Å². The Morgan fingerprint density at radius 2 is 1.55 bits per heavy atom. The molecule has 0 unspecified atom stereocenters. The molecule has 20 heavy (non-hydrogen) atoms. The maximum absolute atomic E-state index is 4.32. The number of nitrogens with zero attached hydrogens (tertiary/aromatic N) is 1. The van der Waals surface area contributed by atoms with E-state index in [2.05, 4.69) is 58.8 Å². The summed E-state index contributed by atoms with van der Waals surface area (Å²) in [6.45, 7) is 1.78. The molecule has 0 fully saturated rings. The standard InChI is InChI=1S/C17H16N2S/c1-2-4-14(5-3-1)12-18-13-15-6-8-16(9-7-15)17-19-10-11-20-17/h1-11,18H,12-13H2. The quantitative estimate of drug-likeness (QED) is 0.761. The van der Waals surface area contributed by atoms with Gasteiger partial charge in [0.15, 0.2) is 0 Å². The number of hydrogen-bond acceptors (Lipinski definition) is 3. The summed E-state index contributed by atoms with van der Waals surface area (Å²) < 4.78 is 0. The fourth-order valence-electron chi connectivity index (χ4n) is 2.08. The summed E-state index contributed by atoms with van der Waals surface area (Å²) in [7, 11) is 0. The fourth-order valence-corrected chi connectivity index (χ4v) is 2.72. The Bertz CT molecular complexity index is 631. The number of rotatable bonds is 5. The summed E-state index contributed by atoms with van der Waals surface area (Å²) in [5.74, 6) is 0. The minimum absolute atomic E-state index is 0.882. The number of nitrogens with one attached hydrogen (secondary N) is 1. The highest BCUT2D eigenvalue weighted by Gasteiger charge is 2.00. The van der Waals surface area contributed by atoms with Crippen molar-refractivity contribution in [3.8, 4) is 10.6 Å². The lowest BCUT2D eigenvalue weighted by Gasteiger charge is -2.05. The molecular formula is C17H16N2S. The van der Waals surface area contributed by atoms with E-state index in [0.29, 0.717) is 0 Å². The molecule has 0 radical (unpaired) electrons. The van der Waals surface area contributed by atoms with Crippen molar-refractivity contribution in [3.05, 3.63) is 77.3 Å². The van der Waals surface area contributed by atoms with Crippen LogP contribution in [-0.4, -0.2) is 4.98 Å². The molecule has 0 spiro atoms. The number of aromatic nitrogens is 1. The van der Waals surface area contributed by atoms with Crippen molar-refractivity contribution < 1.29 is 0 Å². The Labute approximate surface area is 123 Å². The molecule has 3 aromatic rings. The number of benzene rings is 2. The van der Waals surface area contributed by atoms with Gasteiger partial charge in [-0.05, 0) is 11.1 Å². The van der Waals surface area contributed by atoms with Crippen LogP contribution in [0.5, 0.6) is 0 Å². The Kier molecular flexibility index (Phi) is 4.21. The van der Waals surface area contributed by atoms with Crippen molar-refractivity contribution in [2.45, 2.75) is 13.1 Å². The topological polar surface area (TPSA) is 24.9 Å². The van der Waals surface area contributed by atoms with Crippen molar-refractivity contribution in [1.29, 1.82) is 0 Å². The molecule has 0 aliphatic carbocycles. The zero-order chi connectivity index (χ0) is 13.6. The first-order valence-electron chi connectivity index (χ1n) is 6.65. The van der Waals surface area contributed by atoms with E-state index in [0.717, 1.165) is 18.1 Å². The summed E-state index contributed by atoms with van der Waals surface area (Å²) in [5, 5.41) is 6.54. The smallest absolute Gasteiger partial charge is 0.123 e. The van der Waals surface area contributed by atoms with Crippen LogP contribution in [0.2, 0.25) is 0 Å². The van der Waals surface area contributed by atoms with Crippen LogP contribution in [0.4, 0.5) is 0 Å². The van der Waals surface area contributed by atoms with Crippen molar-refractivity contribution in [1.82, 2.24) is 10.3 Å². The van der Waals surface area contributed by atoms with E-state index < -0.39 is 0 Å². The molecular weight excluding hydrogens is 264 g/mol. The van der Waals surface area contributed by atoms with Gasteiger partial charge in [-0.1, -0.05) is 54.6 Å². The summed E-state index contributed by atoms with van der Waals surface area (Å²) >= 11 is 1.67. The van der Waals surface area contributed by atoms with Crippen LogP contribution in [0, 0.1) is 0 Å². The van der Waals surface area contributed by atoms with Crippen LogP contribution in [0.3, 0.4) is 0 Å². The van der Waals surface area contributed by atoms with E-state index in [4.69, 9.17) is 0 Å². The third-order valence-electron chi connectivity index (χ3n) is 3.13. The third-order valence-corrected chi connectivity index (χ3v) is 3.96. The predicted molar refractivity (Wildman–Crippen MR) is 84.5 cm³/mol. The molecule has 0 aliphatic heterocycles. The summed E-state index contributed by atoms with van der Waals surface area (Å²) in [5.41, 5.74) is 3.79. The lowest BCUT2D eigenvalue weighted by molar-refractivity contribution is 0.693. The highest BCUT2D eigenvalue weighted by atomic mass is 32.1. The minimum atomic E-state index is 0.882. The average Bonchev–Trinajstić information content (AvgIpc) is 3.03. The number of thiazole rings is 1. The lowest BCUT2D eigenvalue weighted by Crippen LogP contribution is -2.12. The van der Waals surface area contributed by atoms with Gasteiger partial charge < -0.3 is 5.32 Å². The van der Waals surface area contributed by atoms with Gasteiger partial charge in [0.25, 0.3) is 0 Å². The predicted octanol–water partition coefficient (Wildman–Crippen LogP) is 4.10. The highest BCUT2D eigenvalue weighted by molar-refractivity contribution is 7.13. The molecule has 3 rings (SSSR count). The molecule has 1 N–H and O–H groups in total. The normalized spacial score (nSPS) is 10.6. The van der Waals surface area contributed by atoms with Gasteiger partial charge in [0, 0.05) is 30.2 Å². The van der Waals surface area contributed by atoms with Crippen LogP contribution < -0.4 is 5.32 Å². The van der Waals surface area contributed by atoms with Crippen LogP contribution in [-0.2, 0) is 13.1 Å². The van der Waals surface area contributed by atoms with Crippen LogP contribution in [0.15, 0.2) is 66.2 Å². The molecule has 0 aliphatic rings. The van der Waals surface area contributed by atoms with Gasteiger partial charge >= 0.3 is 0 Å². The van der Waals surface area contributed by atoms with Gasteiger partial charge in [-0.2, -0.15) is 0 Å². The molecule has 0 saturated heterocycles. The molecule has 0 saturated carbocycles. The summed E-state index contributed by atoms with van der Waals surface area (Å²) in [6, 6.07) is 19.1. The molecule has 1 aromatic heterocycles. The van der Waals surface area contributed by atoms with Crippen LogP contribution in [0.25, 0.3) is 10.6 Å². The lowest BCUT2D eigenvalue weighted by atomic mass is 10.1. The molecule has 0 amide bonds. The van der Waals surface area contributed by atoms with E-state index in [9.17, 15) is 0 Å². The zero-order valence-corrected chi connectivity index (χ0v) is 11.9. The van der Waals surface area contributed by atoms with Gasteiger partial charge in [0.05, 0.1) is 0 Å². The molecule has 0 atom stereocenters. The fraction of sp³-hybridized carbons (Fsp3) is 0.118. The van der Waals surface area contributed by atoms with Gasteiger partial charge in [-0.15, -0.1) is 11.3 Å². The Balaban J connectivity index is 1.56. The Morgan fingerprint density at radius 3 is 2.20 bits per heavy atom. The molecule has 1 heterocycles. The van der Waals surface area contributed by atoms with E-state index in [1.54, 1.807) is 11.3 Å². The first kappa shape index (κ1) is 13.0. The van der Waals surface area contributed by atoms with Crippen molar-refractivity contribution in [2.24, 2.45) is 0 Å². The second-order valence-electron chi connectivity index (χ2n) is 4.62. The first-order valence-corrected chi connectivity index (χ1v) is 7.53. The summed E-state index contributed by atoms with van der Waals surface area (Å²) in [6.07, 6.45) is 1.84. The first-order chi connectivity index (χ1) is 9.92. The van der Waals surface area contributed by atoms with Crippen LogP contribution in [0.1, 0.15) is 11.1 Å². The van der Waals surface area contributed by atoms with Gasteiger partial charge in [0.2, 0.25) is 0 Å². The van der Waals surface area contributed by atoms with Crippen molar-refractivity contribution >= 4 is 11.3 Å². The van der Waals surface area contributed by atoms with Crippen molar-refractivity contribution in [3.63, 3.8) is 0 Å². The average molecular weight is 280 g/mol. The third kappa shape index (κ3) is 3.32. The SMILES string of the molecule is c1ccc(CNCc2ccc(-c3nccs3)cc2)cc1. The minimum Gasteiger partial charge on any atom is -0.309 e. The monoisotopic (exact) mass is 280 g/mol. The highest BCUT2D eigenvalue weighted by Crippen LogP contribution is 2.21. The van der Waals surface area contributed by atoms with Gasteiger partial charge in [-0.3, -0.25) is 0 Å².